The highest BCUT2D eigenvalue weighted by molar-refractivity contribution is 7.89. The number of hydrogen-bond acceptors (Lipinski definition) is 6. The zero-order valence-corrected chi connectivity index (χ0v) is 14.6. The second kappa shape index (κ2) is 6.58. The molecule has 2 heterocycles. The van der Waals surface area contributed by atoms with Crippen molar-refractivity contribution in [3.05, 3.63) is 54.5 Å². The number of hydrogen-bond donors (Lipinski definition) is 2. The first-order valence-electron chi connectivity index (χ1n) is 7.50. The van der Waals surface area contributed by atoms with E-state index in [-0.39, 0.29) is 4.90 Å². The van der Waals surface area contributed by atoms with Crippen LogP contribution in [0, 0.1) is 6.92 Å². The average Bonchev–Trinajstić information content (AvgIpc) is 2.63. The highest BCUT2D eigenvalue weighted by Gasteiger charge is 2.13. The topological polar surface area (TPSA) is 111 Å². The van der Waals surface area contributed by atoms with Crippen molar-refractivity contribution in [2.24, 2.45) is 0 Å². The number of sulfonamides is 1. The lowest BCUT2D eigenvalue weighted by Crippen LogP contribution is -2.18. The summed E-state index contributed by atoms with van der Waals surface area (Å²) in [5.41, 5.74) is 9.49. The Hall–Kier alpha value is -2.84. The van der Waals surface area contributed by atoms with Gasteiger partial charge in [-0.2, -0.15) is 0 Å². The van der Waals surface area contributed by atoms with Crippen LogP contribution in [0.3, 0.4) is 0 Å². The van der Waals surface area contributed by atoms with Gasteiger partial charge in [0.25, 0.3) is 0 Å². The molecule has 1 aromatic carbocycles. The van der Waals surface area contributed by atoms with Crippen molar-refractivity contribution in [3.63, 3.8) is 0 Å². The SMILES string of the molecule is CNS(=O)(=O)c1ccc(-c2cnc(N)c(-c3ccc(C)nc3)n2)cc1. The molecule has 8 heteroatoms. The summed E-state index contributed by atoms with van der Waals surface area (Å²) in [4.78, 5) is 13.2. The van der Waals surface area contributed by atoms with Crippen LogP contribution in [0.5, 0.6) is 0 Å². The fourth-order valence-corrected chi connectivity index (χ4v) is 3.01. The molecule has 7 nitrogen and oxygen atoms in total. The number of nitrogens with one attached hydrogen (secondary N) is 1. The van der Waals surface area contributed by atoms with Gasteiger partial charge in [0, 0.05) is 23.0 Å². The van der Waals surface area contributed by atoms with Gasteiger partial charge in [-0.05, 0) is 38.2 Å². The Bertz CT molecular complexity index is 1000. The molecule has 3 N–H and O–H groups in total. The van der Waals surface area contributed by atoms with E-state index in [9.17, 15) is 8.42 Å². The summed E-state index contributed by atoms with van der Waals surface area (Å²) >= 11 is 0. The molecule has 0 amide bonds. The Balaban J connectivity index is 2.01. The fourth-order valence-electron chi connectivity index (χ4n) is 2.28. The van der Waals surface area contributed by atoms with Crippen LogP contribution in [0.1, 0.15) is 5.69 Å². The highest BCUT2D eigenvalue weighted by atomic mass is 32.2. The minimum atomic E-state index is -3.47. The van der Waals surface area contributed by atoms with Gasteiger partial charge in [-0.25, -0.2) is 23.1 Å². The smallest absolute Gasteiger partial charge is 0.240 e. The molecule has 25 heavy (non-hydrogen) atoms. The Morgan fingerprint density at radius 2 is 1.64 bits per heavy atom. The van der Waals surface area contributed by atoms with Crippen molar-refractivity contribution < 1.29 is 8.42 Å². The maximum atomic E-state index is 11.8. The predicted molar refractivity (Wildman–Crippen MR) is 96.1 cm³/mol. The minimum Gasteiger partial charge on any atom is -0.382 e. The van der Waals surface area contributed by atoms with Crippen molar-refractivity contribution >= 4 is 15.8 Å². The van der Waals surface area contributed by atoms with E-state index in [1.807, 2.05) is 19.1 Å². The second-order valence-corrected chi connectivity index (χ2v) is 7.30. The summed E-state index contributed by atoms with van der Waals surface area (Å²) in [6.07, 6.45) is 3.25. The van der Waals surface area contributed by atoms with Crippen LogP contribution in [0.2, 0.25) is 0 Å². The monoisotopic (exact) mass is 355 g/mol. The van der Waals surface area contributed by atoms with Crippen molar-refractivity contribution in [2.45, 2.75) is 11.8 Å². The Kier molecular flexibility index (Phi) is 4.47. The molecule has 0 saturated heterocycles. The molecule has 0 atom stereocenters. The number of aryl methyl sites for hydroxylation is 1. The molecule has 128 valence electrons. The van der Waals surface area contributed by atoms with Gasteiger partial charge in [0.05, 0.1) is 16.8 Å². The molecular formula is C17H17N5O2S. The average molecular weight is 355 g/mol. The highest BCUT2D eigenvalue weighted by Crippen LogP contribution is 2.26. The van der Waals surface area contributed by atoms with Crippen LogP contribution in [-0.4, -0.2) is 30.4 Å². The van der Waals surface area contributed by atoms with Gasteiger partial charge in [-0.15, -0.1) is 0 Å². The van der Waals surface area contributed by atoms with Gasteiger partial charge < -0.3 is 5.73 Å². The van der Waals surface area contributed by atoms with Gasteiger partial charge in [-0.3, -0.25) is 4.98 Å². The summed E-state index contributed by atoms with van der Waals surface area (Å²) in [6, 6.07) is 10.2. The third-order valence-electron chi connectivity index (χ3n) is 3.71. The van der Waals surface area contributed by atoms with Crippen LogP contribution >= 0.6 is 0 Å². The first kappa shape index (κ1) is 17.0. The first-order valence-corrected chi connectivity index (χ1v) is 8.98. The molecule has 2 aromatic heterocycles. The van der Waals surface area contributed by atoms with E-state index in [4.69, 9.17) is 5.73 Å². The van der Waals surface area contributed by atoms with E-state index in [2.05, 4.69) is 19.7 Å². The van der Waals surface area contributed by atoms with Gasteiger partial charge in [0.15, 0.2) is 0 Å². The number of anilines is 1. The molecule has 0 saturated carbocycles. The quantitative estimate of drug-likeness (QED) is 0.740. The molecule has 0 unspecified atom stereocenters. The van der Waals surface area contributed by atoms with E-state index in [1.165, 1.54) is 19.2 Å². The molecule has 0 aliphatic carbocycles. The maximum Gasteiger partial charge on any atom is 0.240 e. The standard InChI is InChI=1S/C17H17N5O2S/c1-11-3-4-13(9-20-11)16-17(18)21-10-15(22-16)12-5-7-14(8-6-12)25(23,24)19-2/h3-10,19H,1-2H3,(H2,18,21). The lowest BCUT2D eigenvalue weighted by atomic mass is 10.1. The number of nitrogen functional groups attached to an aromatic ring is 1. The number of nitrogens with two attached hydrogens (primary N) is 1. The van der Waals surface area contributed by atoms with Crippen molar-refractivity contribution in [1.29, 1.82) is 0 Å². The molecule has 0 bridgehead atoms. The molecule has 3 aromatic rings. The largest absolute Gasteiger partial charge is 0.382 e. The van der Waals surface area contributed by atoms with Crippen molar-refractivity contribution in [2.75, 3.05) is 12.8 Å². The summed E-state index contributed by atoms with van der Waals surface area (Å²) in [5, 5.41) is 0. The van der Waals surface area contributed by atoms with Crippen LogP contribution in [0.15, 0.2) is 53.7 Å². The second-order valence-electron chi connectivity index (χ2n) is 5.41. The molecule has 0 radical (unpaired) electrons. The third-order valence-corrected chi connectivity index (χ3v) is 5.14. The van der Waals surface area contributed by atoms with E-state index < -0.39 is 10.0 Å². The van der Waals surface area contributed by atoms with E-state index >= 15 is 0 Å². The Labute approximate surface area is 146 Å². The van der Waals surface area contributed by atoms with Gasteiger partial charge >= 0.3 is 0 Å². The molecule has 0 aliphatic heterocycles. The zero-order valence-electron chi connectivity index (χ0n) is 13.8. The van der Waals surface area contributed by atoms with Crippen LogP contribution in [0.4, 0.5) is 5.82 Å². The van der Waals surface area contributed by atoms with Gasteiger partial charge in [-0.1, -0.05) is 12.1 Å². The summed E-state index contributed by atoms with van der Waals surface area (Å²) in [6.45, 7) is 1.90. The molecular weight excluding hydrogens is 338 g/mol. The van der Waals surface area contributed by atoms with Gasteiger partial charge in [0.2, 0.25) is 10.0 Å². The number of nitrogens with zero attached hydrogens (tertiary/aromatic N) is 3. The third kappa shape index (κ3) is 3.49. The molecule has 0 spiro atoms. The normalized spacial score (nSPS) is 11.4. The number of aromatic nitrogens is 3. The summed E-state index contributed by atoms with van der Waals surface area (Å²) < 4.78 is 25.9. The summed E-state index contributed by atoms with van der Waals surface area (Å²) in [5.74, 6) is 0.309. The summed E-state index contributed by atoms with van der Waals surface area (Å²) in [7, 11) is -2.10. The fraction of sp³-hybridized carbons (Fsp3) is 0.118. The van der Waals surface area contributed by atoms with Crippen LogP contribution in [-0.2, 0) is 10.0 Å². The Morgan fingerprint density at radius 3 is 2.24 bits per heavy atom. The lowest BCUT2D eigenvalue weighted by Gasteiger charge is -2.08. The van der Waals surface area contributed by atoms with E-state index in [0.29, 0.717) is 17.2 Å². The van der Waals surface area contributed by atoms with Crippen LogP contribution in [0.25, 0.3) is 22.5 Å². The van der Waals surface area contributed by atoms with Crippen LogP contribution < -0.4 is 10.5 Å². The molecule has 3 rings (SSSR count). The van der Waals surface area contributed by atoms with Crippen molar-refractivity contribution in [3.8, 4) is 22.5 Å². The van der Waals surface area contributed by atoms with Gasteiger partial charge in [0.1, 0.15) is 11.5 Å². The first-order chi connectivity index (χ1) is 11.9. The maximum absolute atomic E-state index is 11.8. The van der Waals surface area contributed by atoms with Crippen molar-refractivity contribution in [1.82, 2.24) is 19.7 Å². The predicted octanol–water partition coefficient (Wildman–Crippen LogP) is 2.00. The zero-order chi connectivity index (χ0) is 18.0. The number of benzene rings is 1. The lowest BCUT2D eigenvalue weighted by molar-refractivity contribution is 0.588. The van der Waals surface area contributed by atoms with E-state index in [0.717, 1.165) is 16.8 Å². The number of rotatable bonds is 4. The molecule has 0 fully saturated rings. The number of pyridine rings is 1. The minimum absolute atomic E-state index is 0.185. The molecule has 0 aliphatic rings. The van der Waals surface area contributed by atoms with E-state index in [1.54, 1.807) is 24.5 Å². The Morgan fingerprint density at radius 1 is 0.960 bits per heavy atom.